The van der Waals surface area contributed by atoms with E-state index in [-0.39, 0.29) is 12.2 Å². The molecule has 1 amide bonds. The maximum Gasteiger partial charge on any atom is 0.264 e. The van der Waals surface area contributed by atoms with Crippen molar-refractivity contribution in [3.8, 4) is 5.75 Å². The van der Waals surface area contributed by atoms with Gasteiger partial charge < -0.3 is 14.7 Å². The van der Waals surface area contributed by atoms with E-state index in [2.05, 4.69) is 0 Å². The van der Waals surface area contributed by atoms with Gasteiger partial charge in [0.25, 0.3) is 5.91 Å². The van der Waals surface area contributed by atoms with E-state index in [9.17, 15) is 14.7 Å². The summed E-state index contributed by atoms with van der Waals surface area (Å²) in [7, 11) is 1.55. The fourth-order valence-electron chi connectivity index (χ4n) is 3.50. The van der Waals surface area contributed by atoms with Crippen LogP contribution in [0, 0.1) is 0 Å². The minimum Gasteiger partial charge on any atom is -0.497 e. The van der Waals surface area contributed by atoms with Gasteiger partial charge in [-0.2, -0.15) is 0 Å². The van der Waals surface area contributed by atoms with Crippen LogP contribution in [0.4, 0.5) is 5.69 Å². The number of hydrogen-bond acceptors (Lipinski definition) is 5. The molecule has 1 N–H and O–H groups in total. The lowest BCUT2D eigenvalue weighted by atomic mass is 9.88. The molecule has 0 saturated heterocycles. The summed E-state index contributed by atoms with van der Waals surface area (Å²) in [6.45, 7) is 0.368. The lowest BCUT2D eigenvalue weighted by molar-refractivity contribution is -0.136. The number of carbonyl (C=O) groups is 2. The first-order valence-electron chi connectivity index (χ1n) is 8.86. The van der Waals surface area contributed by atoms with Crippen LogP contribution in [0.15, 0.2) is 66.0 Å². The number of para-hydroxylation sites is 1. The lowest BCUT2D eigenvalue weighted by Crippen LogP contribution is -2.41. The van der Waals surface area contributed by atoms with Crippen molar-refractivity contribution >= 4 is 28.7 Å². The van der Waals surface area contributed by atoms with Crippen molar-refractivity contribution in [2.45, 2.75) is 18.6 Å². The highest BCUT2D eigenvalue weighted by molar-refractivity contribution is 7.09. The molecule has 28 heavy (non-hydrogen) atoms. The zero-order valence-electron chi connectivity index (χ0n) is 15.3. The zero-order chi connectivity index (χ0) is 19.7. The van der Waals surface area contributed by atoms with Crippen LogP contribution in [0.3, 0.4) is 0 Å². The number of Topliss-reactive ketones (excluding diaryl/α,β-unsaturated/α-hetero) is 1. The van der Waals surface area contributed by atoms with Gasteiger partial charge >= 0.3 is 0 Å². The van der Waals surface area contributed by atoms with E-state index in [0.29, 0.717) is 29.1 Å². The number of carbonyl (C=O) groups excluding carboxylic acids is 2. The van der Waals surface area contributed by atoms with Crippen molar-refractivity contribution in [1.29, 1.82) is 0 Å². The number of fused-ring (bicyclic) bond motifs is 1. The highest BCUT2D eigenvalue weighted by atomic mass is 32.1. The van der Waals surface area contributed by atoms with Crippen molar-refractivity contribution in [3.05, 3.63) is 82.0 Å². The number of amides is 1. The van der Waals surface area contributed by atoms with Gasteiger partial charge in [0, 0.05) is 16.0 Å². The minimum absolute atomic E-state index is 0.300. The van der Waals surface area contributed by atoms with Crippen LogP contribution in [-0.4, -0.2) is 23.9 Å². The first-order chi connectivity index (χ1) is 13.5. The predicted molar refractivity (Wildman–Crippen MR) is 108 cm³/mol. The summed E-state index contributed by atoms with van der Waals surface area (Å²) in [5.74, 6) is -0.130. The van der Waals surface area contributed by atoms with Crippen molar-refractivity contribution < 1.29 is 19.4 Å². The molecule has 142 valence electrons. The summed E-state index contributed by atoms with van der Waals surface area (Å²) in [6.07, 6.45) is -0.309. The van der Waals surface area contributed by atoms with E-state index < -0.39 is 11.5 Å². The second-order valence-corrected chi connectivity index (χ2v) is 7.71. The number of benzene rings is 2. The van der Waals surface area contributed by atoms with E-state index in [4.69, 9.17) is 4.74 Å². The van der Waals surface area contributed by atoms with Gasteiger partial charge in [0.05, 0.1) is 25.8 Å². The van der Waals surface area contributed by atoms with Gasteiger partial charge in [0.2, 0.25) is 0 Å². The smallest absolute Gasteiger partial charge is 0.264 e. The zero-order valence-corrected chi connectivity index (χ0v) is 16.1. The lowest BCUT2D eigenvalue weighted by Gasteiger charge is -2.22. The standard InChI is InChI=1S/C22H19NO4S/c1-27-16-10-8-15(9-11-16)20(24)13-22(26)18-6-2-3-7-19(18)23(21(22)25)14-17-5-4-12-28-17/h2-12,26H,13-14H2,1H3/t22-/m0/s1. The first kappa shape index (κ1) is 18.4. The minimum atomic E-state index is -1.87. The highest BCUT2D eigenvalue weighted by Gasteiger charge is 2.50. The molecule has 0 spiro atoms. The van der Waals surface area contributed by atoms with Crippen LogP contribution in [0.1, 0.15) is 27.2 Å². The molecule has 2 heterocycles. The van der Waals surface area contributed by atoms with Crippen LogP contribution in [-0.2, 0) is 16.9 Å². The summed E-state index contributed by atoms with van der Waals surface area (Å²) < 4.78 is 5.11. The molecule has 0 unspecified atom stereocenters. The van der Waals surface area contributed by atoms with E-state index in [0.717, 1.165) is 4.88 Å². The molecule has 1 aliphatic rings. The predicted octanol–water partition coefficient (Wildman–Crippen LogP) is 3.76. The fraction of sp³-hybridized carbons (Fsp3) is 0.182. The molecular weight excluding hydrogens is 374 g/mol. The van der Waals surface area contributed by atoms with Crippen LogP contribution in [0.2, 0.25) is 0 Å². The van der Waals surface area contributed by atoms with Gasteiger partial charge in [0.1, 0.15) is 5.75 Å². The third-order valence-electron chi connectivity index (χ3n) is 4.96. The van der Waals surface area contributed by atoms with Gasteiger partial charge in [-0.15, -0.1) is 11.3 Å². The van der Waals surface area contributed by atoms with Gasteiger partial charge in [-0.1, -0.05) is 24.3 Å². The summed E-state index contributed by atoms with van der Waals surface area (Å²) in [5, 5.41) is 13.3. The number of methoxy groups -OCH3 is 1. The SMILES string of the molecule is COc1ccc(C(=O)C[C@@]2(O)C(=O)N(Cc3cccs3)c3ccccc32)cc1. The molecular formula is C22H19NO4S. The average molecular weight is 393 g/mol. The Morgan fingerprint density at radius 2 is 1.86 bits per heavy atom. The summed E-state index contributed by atoms with van der Waals surface area (Å²) in [4.78, 5) is 28.6. The molecule has 0 saturated carbocycles. The molecule has 0 bridgehead atoms. The highest BCUT2D eigenvalue weighted by Crippen LogP contribution is 2.43. The monoisotopic (exact) mass is 393 g/mol. The normalized spacial score (nSPS) is 18.2. The van der Waals surface area contributed by atoms with E-state index >= 15 is 0 Å². The molecule has 5 nitrogen and oxygen atoms in total. The van der Waals surface area contributed by atoms with Crippen molar-refractivity contribution in [1.82, 2.24) is 0 Å². The van der Waals surface area contributed by atoms with Crippen molar-refractivity contribution in [2.75, 3.05) is 12.0 Å². The van der Waals surface area contributed by atoms with E-state index in [1.54, 1.807) is 65.8 Å². The van der Waals surface area contributed by atoms with E-state index in [1.165, 1.54) is 0 Å². The Morgan fingerprint density at radius 1 is 1.11 bits per heavy atom. The number of rotatable bonds is 6. The first-order valence-corrected chi connectivity index (χ1v) is 9.74. The topological polar surface area (TPSA) is 66.8 Å². The quantitative estimate of drug-likeness (QED) is 0.648. The number of nitrogens with zero attached hydrogens (tertiary/aromatic N) is 1. The molecule has 1 aliphatic heterocycles. The summed E-state index contributed by atoms with van der Waals surface area (Å²) >= 11 is 1.55. The van der Waals surface area contributed by atoms with E-state index in [1.807, 2.05) is 23.6 Å². The molecule has 1 atom stereocenters. The molecule has 0 aliphatic carbocycles. The Hall–Kier alpha value is -2.96. The van der Waals surface area contributed by atoms with Crippen LogP contribution >= 0.6 is 11.3 Å². The van der Waals surface area contributed by atoms with Crippen LogP contribution < -0.4 is 9.64 Å². The molecule has 0 radical (unpaired) electrons. The fourth-order valence-corrected chi connectivity index (χ4v) is 4.20. The Kier molecular flexibility index (Phi) is 4.75. The Balaban J connectivity index is 1.65. The average Bonchev–Trinajstić information content (AvgIpc) is 3.30. The maximum atomic E-state index is 13.2. The Bertz CT molecular complexity index is 1010. The second-order valence-electron chi connectivity index (χ2n) is 6.68. The molecule has 2 aromatic carbocycles. The second kappa shape index (κ2) is 7.22. The maximum absolute atomic E-state index is 13.2. The molecule has 6 heteroatoms. The van der Waals surface area contributed by atoms with Crippen molar-refractivity contribution in [2.24, 2.45) is 0 Å². The Morgan fingerprint density at radius 3 is 2.54 bits per heavy atom. The number of ketones is 1. The van der Waals surface area contributed by atoms with Crippen LogP contribution in [0.5, 0.6) is 5.75 Å². The van der Waals surface area contributed by atoms with Gasteiger partial charge in [0.15, 0.2) is 11.4 Å². The Labute approximate surface area is 166 Å². The molecule has 3 aromatic rings. The number of anilines is 1. The van der Waals surface area contributed by atoms with Gasteiger partial charge in [-0.05, 0) is 41.8 Å². The third-order valence-corrected chi connectivity index (χ3v) is 5.82. The largest absolute Gasteiger partial charge is 0.497 e. The molecule has 1 aromatic heterocycles. The molecule has 4 rings (SSSR count). The van der Waals surface area contributed by atoms with Crippen molar-refractivity contribution in [3.63, 3.8) is 0 Å². The molecule has 0 fully saturated rings. The number of ether oxygens (including phenoxy) is 1. The third kappa shape index (κ3) is 3.10. The number of aliphatic hydroxyl groups is 1. The number of thiophene rings is 1. The number of hydrogen-bond donors (Lipinski definition) is 1. The summed E-state index contributed by atoms with van der Waals surface area (Å²) in [6, 6.07) is 17.6. The van der Waals surface area contributed by atoms with Gasteiger partial charge in [-0.3, -0.25) is 9.59 Å². The van der Waals surface area contributed by atoms with Gasteiger partial charge in [-0.25, -0.2) is 0 Å². The van der Waals surface area contributed by atoms with Crippen LogP contribution in [0.25, 0.3) is 0 Å². The summed E-state index contributed by atoms with van der Waals surface area (Å²) in [5.41, 5.74) is -0.328.